The first-order valence-electron chi connectivity index (χ1n) is 15.4. The van der Waals surface area contributed by atoms with E-state index in [0.29, 0.717) is 0 Å². The van der Waals surface area contributed by atoms with Crippen LogP contribution in [-0.4, -0.2) is 0 Å². The summed E-state index contributed by atoms with van der Waals surface area (Å²) in [6.07, 6.45) is 0. The van der Waals surface area contributed by atoms with E-state index in [1.807, 2.05) is 6.07 Å². The van der Waals surface area contributed by atoms with Crippen LogP contribution >= 0.6 is 0 Å². The molecule has 0 N–H and O–H groups in total. The van der Waals surface area contributed by atoms with Crippen LogP contribution in [0.4, 0.5) is 0 Å². The third kappa shape index (κ3) is 4.09. The summed E-state index contributed by atoms with van der Waals surface area (Å²) >= 11 is 0. The number of benzene rings is 8. The van der Waals surface area contributed by atoms with Gasteiger partial charge in [0, 0.05) is 16.3 Å². The second-order valence-electron chi connectivity index (χ2n) is 11.6. The van der Waals surface area contributed by atoms with Crippen molar-refractivity contribution in [3.8, 4) is 44.5 Å². The van der Waals surface area contributed by atoms with Crippen LogP contribution in [-0.2, 0) is 0 Å². The predicted octanol–water partition coefficient (Wildman–Crippen LogP) is 12.6. The highest BCUT2D eigenvalue weighted by Gasteiger charge is 2.23. The van der Waals surface area contributed by atoms with Crippen LogP contribution in [0.2, 0.25) is 0 Å². The Labute approximate surface area is 261 Å². The molecule has 1 nitrogen and oxygen atoms in total. The lowest BCUT2D eigenvalue weighted by Crippen LogP contribution is -1.93. The Balaban J connectivity index is 1.41. The summed E-state index contributed by atoms with van der Waals surface area (Å²) in [5.41, 5.74) is 11.6. The number of furan rings is 1. The molecule has 0 saturated heterocycles. The number of para-hydroxylation sites is 1. The molecule has 8 aromatic carbocycles. The van der Waals surface area contributed by atoms with Gasteiger partial charge in [0.25, 0.3) is 0 Å². The molecule has 45 heavy (non-hydrogen) atoms. The Kier molecular flexibility index (Phi) is 5.89. The molecule has 9 aromatic rings. The van der Waals surface area contributed by atoms with Gasteiger partial charge < -0.3 is 4.42 Å². The first-order chi connectivity index (χ1) is 22.3. The summed E-state index contributed by atoms with van der Waals surface area (Å²) in [6.45, 7) is 0. The lowest BCUT2D eigenvalue weighted by Gasteiger charge is -2.20. The molecule has 210 valence electrons. The van der Waals surface area contributed by atoms with Crippen molar-refractivity contribution in [1.29, 1.82) is 0 Å². The number of rotatable bonds is 4. The van der Waals surface area contributed by atoms with Crippen molar-refractivity contribution in [3.63, 3.8) is 0 Å². The Hall–Kier alpha value is -5.92. The summed E-state index contributed by atoms with van der Waals surface area (Å²) in [6, 6.07) is 60.9. The first-order valence-corrected chi connectivity index (χ1v) is 15.4. The molecule has 1 heteroatoms. The molecule has 0 bridgehead atoms. The second-order valence-corrected chi connectivity index (χ2v) is 11.6. The number of hydrogen-bond acceptors (Lipinski definition) is 1. The third-order valence-electron chi connectivity index (χ3n) is 9.09. The van der Waals surface area contributed by atoms with E-state index >= 15 is 0 Å². The fourth-order valence-corrected chi connectivity index (χ4v) is 7.10. The van der Waals surface area contributed by atoms with E-state index < -0.39 is 0 Å². The zero-order valence-electron chi connectivity index (χ0n) is 24.6. The van der Waals surface area contributed by atoms with Gasteiger partial charge in [-0.05, 0) is 72.6 Å². The second kappa shape index (κ2) is 10.4. The van der Waals surface area contributed by atoms with Crippen LogP contribution in [0.1, 0.15) is 0 Å². The molecule has 0 aliphatic carbocycles. The quantitative estimate of drug-likeness (QED) is 0.191. The topological polar surface area (TPSA) is 13.1 Å². The van der Waals surface area contributed by atoms with Gasteiger partial charge in [0.15, 0.2) is 0 Å². The average molecular weight is 573 g/mol. The summed E-state index contributed by atoms with van der Waals surface area (Å²) < 4.78 is 6.47. The Morgan fingerprint density at radius 3 is 1.36 bits per heavy atom. The molecule has 0 aliphatic rings. The number of hydrogen-bond donors (Lipinski definition) is 0. The van der Waals surface area contributed by atoms with Gasteiger partial charge in [-0.15, -0.1) is 0 Å². The minimum Gasteiger partial charge on any atom is -0.456 e. The Morgan fingerprint density at radius 2 is 0.733 bits per heavy atom. The van der Waals surface area contributed by atoms with Crippen LogP contribution in [0.3, 0.4) is 0 Å². The molecule has 9 rings (SSSR count). The minimum atomic E-state index is 0.902. The molecular weight excluding hydrogens is 544 g/mol. The van der Waals surface area contributed by atoms with Crippen molar-refractivity contribution in [3.05, 3.63) is 170 Å². The maximum atomic E-state index is 6.47. The highest BCUT2D eigenvalue weighted by atomic mass is 16.3. The molecule has 0 unspecified atom stereocenters. The van der Waals surface area contributed by atoms with Gasteiger partial charge in [0.1, 0.15) is 11.2 Å². The molecule has 0 radical (unpaired) electrons. The van der Waals surface area contributed by atoms with Gasteiger partial charge in [0.05, 0.1) is 0 Å². The summed E-state index contributed by atoms with van der Waals surface area (Å²) in [4.78, 5) is 0. The Morgan fingerprint density at radius 1 is 0.267 bits per heavy atom. The van der Waals surface area contributed by atoms with Crippen LogP contribution in [0.25, 0.3) is 88.0 Å². The van der Waals surface area contributed by atoms with Crippen molar-refractivity contribution in [2.24, 2.45) is 0 Å². The van der Waals surface area contributed by atoms with E-state index in [-0.39, 0.29) is 0 Å². The SMILES string of the molecule is c1ccc(-c2ccc(-c3c4ccccc4c(-c4c(-c5ccccc5)ccc5oc6ccccc6c45)c4ccccc34)cc2)cc1. The smallest absolute Gasteiger partial charge is 0.136 e. The monoisotopic (exact) mass is 572 g/mol. The van der Waals surface area contributed by atoms with Gasteiger partial charge in [-0.3, -0.25) is 0 Å². The van der Waals surface area contributed by atoms with Gasteiger partial charge in [-0.1, -0.05) is 158 Å². The maximum Gasteiger partial charge on any atom is 0.136 e. The minimum absolute atomic E-state index is 0.902. The molecule has 1 aromatic heterocycles. The number of fused-ring (bicyclic) bond motifs is 5. The van der Waals surface area contributed by atoms with Crippen LogP contribution in [0.5, 0.6) is 0 Å². The zero-order chi connectivity index (χ0) is 29.7. The van der Waals surface area contributed by atoms with Gasteiger partial charge in [-0.2, -0.15) is 0 Å². The van der Waals surface area contributed by atoms with E-state index in [4.69, 9.17) is 4.42 Å². The average Bonchev–Trinajstić information content (AvgIpc) is 3.50. The van der Waals surface area contributed by atoms with E-state index in [9.17, 15) is 0 Å². The largest absolute Gasteiger partial charge is 0.456 e. The van der Waals surface area contributed by atoms with Gasteiger partial charge >= 0.3 is 0 Å². The van der Waals surface area contributed by atoms with Crippen LogP contribution in [0.15, 0.2) is 174 Å². The lowest BCUT2D eigenvalue weighted by molar-refractivity contribution is 0.669. The maximum absolute atomic E-state index is 6.47. The van der Waals surface area contributed by atoms with E-state index in [1.165, 1.54) is 66.1 Å². The van der Waals surface area contributed by atoms with Gasteiger partial charge in [-0.25, -0.2) is 0 Å². The standard InChI is InChI=1S/C44H28O/c1-3-13-29(14-4-1)30-23-25-32(26-24-30)41-34-17-7-9-19-36(34)42(37-20-10-8-18-35(37)41)44-33(31-15-5-2-6-16-31)27-28-40-43(44)38-21-11-12-22-39(38)45-40/h1-28H. The molecular formula is C44H28O. The molecule has 0 amide bonds. The molecule has 0 aliphatic heterocycles. The normalized spacial score (nSPS) is 11.6. The zero-order valence-corrected chi connectivity index (χ0v) is 24.6. The van der Waals surface area contributed by atoms with Crippen molar-refractivity contribution < 1.29 is 4.42 Å². The predicted molar refractivity (Wildman–Crippen MR) is 190 cm³/mol. The summed E-state index contributed by atoms with van der Waals surface area (Å²) in [5, 5.41) is 7.22. The van der Waals surface area contributed by atoms with Crippen molar-refractivity contribution >= 4 is 43.5 Å². The highest BCUT2D eigenvalue weighted by molar-refractivity contribution is 6.27. The van der Waals surface area contributed by atoms with E-state index in [1.54, 1.807) is 0 Å². The van der Waals surface area contributed by atoms with Crippen molar-refractivity contribution in [1.82, 2.24) is 0 Å². The molecule has 0 fully saturated rings. The highest BCUT2D eigenvalue weighted by Crippen LogP contribution is 2.50. The van der Waals surface area contributed by atoms with E-state index in [2.05, 4.69) is 164 Å². The third-order valence-corrected chi connectivity index (χ3v) is 9.09. The van der Waals surface area contributed by atoms with Crippen LogP contribution in [0, 0.1) is 0 Å². The fraction of sp³-hybridized carbons (Fsp3) is 0. The van der Waals surface area contributed by atoms with Crippen LogP contribution < -0.4 is 0 Å². The molecule has 0 spiro atoms. The molecule has 1 heterocycles. The van der Waals surface area contributed by atoms with E-state index in [0.717, 1.165) is 21.9 Å². The summed E-state index contributed by atoms with van der Waals surface area (Å²) in [7, 11) is 0. The molecule has 0 atom stereocenters. The van der Waals surface area contributed by atoms with Crippen molar-refractivity contribution in [2.45, 2.75) is 0 Å². The summed E-state index contributed by atoms with van der Waals surface area (Å²) in [5.74, 6) is 0. The van der Waals surface area contributed by atoms with Gasteiger partial charge in [0.2, 0.25) is 0 Å². The molecule has 0 saturated carbocycles. The fourth-order valence-electron chi connectivity index (χ4n) is 7.10. The first kappa shape index (κ1) is 25.6. The lowest BCUT2D eigenvalue weighted by atomic mass is 9.82. The van der Waals surface area contributed by atoms with Crippen molar-refractivity contribution in [2.75, 3.05) is 0 Å². The Bertz CT molecular complexity index is 2450.